The highest BCUT2D eigenvalue weighted by Gasteiger charge is 2.08. The number of nitriles is 1. The predicted molar refractivity (Wildman–Crippen MR) is 70.5 cm³/mol. The predicted octanol–water partition coefficient (Wildman–Crippen LogP) is 3.21. The molecule has 0 atom stereocenters. The summed E-state index contributed by atoms with van der Waals surface area (Å²) < 4.78 is 1.82. The second-order valence-corrected chi connectivity index (χ2v) is 4.25. The SMILES string of the molecule is Cc1ccc(C#N)c(-n2ncc3ccccc32)c1. The topological polar surface area (TPSA) is 41.6 Å². The van der Waals surface area contributed by atoms with Gasteiger partial charge in [0.15, 0.2) is 0 Å². The van der Waals surface area contributed by atoms with Gasteiger partial charge in [-0.2, -0.15) is 10.4 Å². The van der Waals surface area contributed by atoms with Crippen molar-refractivity contribution < 1.29 is 0 Å². The molecule has 0 bridgehead atoms. The fourth-order valence-corrected chi connectivity index (χ4v) is 2.08. The molecule has 3 rings (SSSR count). The lowest BCUT2D eigenvalue weighted by Gasteiger charge is -2.06. The Morgan fingerprint density at radius 3 is 2.83 bits per heavy atom. The molecule has 0 unspecified atom stereocenters. The Balaban J connectivity index is 2.33. The normalized spacial score (nSPS) is 10.4. The summed E-state index contributed by atoms with van der Waals surface area (Å²) in [5.41, 5.74) is 3.59. The summed E-state index contributed by atoms with van der Waals surface area (Å²) in [5.74, 6) is 0. The van der Waals surface area contributed by atoms with Crippen LogP contribution in [0.1, 0.15) is 11.1 Å². The van der Waals surface area contributed by atoms with Crippen LogP contribution in [0.4, 0.5) is 0 Å². The van der Waals surface area contributed by atoms with Gasteiger partial charge in [-0.1, -0.05) is 24.3 Å². The van der Waals surface area contributed by atoms with E-state index >= 15 is 0 Å². The molecule has 0 N–H and O–H groups in total. The summed E-state index contributed by atoms with van der Waals surface area (Å²) >= 11 is 0. The molecule has 1 aromatic heterocycles. The van der Waals surface area contributed by atoms with E-state index in [2.05, 4.69) is 11.2 Å². The monoisotopic (exact) mass is 233 g/mol. The molecule has 0 saturated heterocycles. The number of hydrogen-bond acceptors (Lipinski definition) is 2. The molecule has 0 fully saturated rings. The van der Waals surface area contributed by atoms with Crippen molar-refractivity contribution in [2.24, 2.45) is 0 Å². The third-order valence-corrected chi connectivity index (χ3v) is 2.98. The largest absolute Gasteiger partial charge is 0.232 e. The second kappa shape index (κ2) is 4.01. The molecular weight excluding hydrogens is 222 g/mol. The van der Waals surface area contributed by atoms with Gasteiger partial charge in [-0.05, 0) is 30.7 Å². The molecule has 0 amide bonds. The van der Waals surface area contributed by atoms with Crippen LogP contribution in [0.15, 0.2) is 48.7 Å². The Labute approximate surface area is 105 Å². The molecule has 0 saturated carbocycles. The van der Waals surface area contributed by atoms with E-state index in [1.165, 1.54) is 0 Å². The minimum Gasteiger partial charge on any atom is -0.232 e. The maximum Gasteiger partial charge on any atom is 0.101 e. The quantitative estimate of drug-likeness (QED) is 0.647. The van der Waals surface area contributed by atoms with Gasteiger partial charge < -0.3 is 0 Å². The summed E-state index contributed by atoms with van der Waals surface area (Å²) in [7, 11) is 0. The Morgan fingerprint density at radius 1 is 1.17 bits per heavy atom. The lowest BCUT2D eigenvalue weighted by molar-refractivity contribution is 0.905. The van der Waals surface area contributed by atoms with Crippen molar-refractivity contribution in [3.05, 3.63) is 59.8 Å². The van der Waals surface area contributed by atoms with Crippen LogP contribution in [0.25, 0.3) is 16.6 Å². The smallest absolute Gasteiger partial charge is 0.101 e. The average molecular weight is 233 g/mol. The highest BCUT2D eigenvalue weighted by molar-refractivity contribution is 5.80. The molecule has 18 heavy (non-hydrogen) atoms. The molecule has 1 heterocycles. The number of hydrogen-bond donors (Lipinski definition) is 0. The summed E-state index contributed by atoms with van der Waals surface area (Å²) in [6.07, 6.45) is 1.82. The van der Waals surface area contributed by atoms with Gasteiger partial charge in [-0.25, -0.2) is 4.68 Å². The van der Waals surface area contributed by atoms with Crippen LogP contribution < -0.4 is 0 Å². The first kappa shape index (κ1) is 10.5. The number of aromatic nitrogens is 2. The Kier molecular flexibility index (Phi) is 2.35. The molecule has 86 valence electrons. The van der Waals surface area contributed by atoms with Crippen molar-refractivity contribution in [2.45, 2.75) is 6.92 Å². The Morgan fingerprint density at radius 2 is 2.00 bits per heavy atom. The van der Waals surface area contributed by atoms with E-state index in [1.54, 1.807) is 0 Å². The third kappa shape index (κ3) is 1.56. The summed E-state index contributed by atoms with van der Waals surface area (Å²) in [5, 5.41) is 14.6. The molecule has 3 nitrogen and oxygen atoms in total. The van der Waals surface area contributed by atoms with Gasteiger partial charge in [-0.15, -0.1) is 0 Å². The number of benzene rings is 2. The second-order valence-electron chi connectivity index (χ2n) is 4.25. The molecule has 2 aromatic carbocycles. The lowest BCUT2D eigenvalue weighted by atomic mass is 10.1. The first-order valence-electron chi connectivity index (χ1n) is 5.73. The molecule has 0 spiro atoms. The van der Waals surface area contributed by atoms with Crippen molar-refractivity contribution in [3.63, 3.8) is 0 Å². The molecule has 0 aliphatic rings. The van der Waals surface area contributed by atoms with Crippen molar-refractivity contribution in [1.29, 1.82) is 5.26 Å². The fraction of sp³-hybridized carbons (Fsp3) is 0.0667. The standard InChI is InChI=1S/C15H11N3/c1-11-6-7-12(9-16)15(8-11)18-14-5-3-2-4-13(14)10-17-18/h2-8,10H,1H3. The zero-order valence-electron chi connectivity index (χ0n) is 9.96. The molecule has 0 aliphatic heterocycles. The molecule has 3 aromatic rings. The van der Waals surface area contributed by atoms with Gasteiger partial charge in [-0.3, -0.25) is 0 Å². The highest BCUT2D eigenvalue weighted by Crippen LogP contribution is 2.21. The van der Waals surface area contributed by atoms with Gasteiger partial charge in [0.25, 0.3) is 0 Å². The first-order valence-corrected chi connectivity index (χ1v) is 5.73. The van der Waals surface area contributed by atoms with Crippen molar-refractivity contribution in [3.8, 4) is 11.8 Å². The third-order valence-electron chi connectivity index (χ3n) is 2.98. The lowest BCUT2D eigenvalue weighted by Crippen LogP contribution is -1.99. The molecule has 0 radical (unpaired) electrons. The van der Waals surface area contributed by atoms with Crippen molar-refractivity contribution >= 4 is 10.9 Å². The number of fused-ring (bicyclic) bond motifs is 1. The fourth-order valence-electron chi connectivity index (χ4n) is 2.08. The maximum atomic E-state index is 9.19. The van der Waals surface area contributed by atoms with Gasteiger partial charge in [0, 0.05) is 5.39 Å². The molecule has 3 heteroatoms. The van der Waals surface area contributed by atoms with Gasteiger partial charge >= 0.3 is 0 Å². The van der Waals surface area contributed by atoms with Crippen LogP contribution >= 0.6 is 0 Å². The van der Waals surface area contributed by atoms with E-state index in [1.807, 2.05) is 60.3 Å². The minimum absolute atomic E-state index is 0.634. The number of para-hydroxylation sites is 1. The summed E-state index contributed by atoms with van der Waals surface area (Å²) in [4.78, 5) is 0. The minimum atomic E-state index is 0.634. The van der Waals surface area contributed by atoms with Gasteiger partial charge in [0.05, 0.1) is 23.0 Å². The van der Waals surface area contributed by atoms with Crippen LogP contribution in [0, 0.1) is 18.3 Å². The van der Waals surface area contributed by atoms with Crippen LogP contribution in [0.3, 0.4) is 0 Å². The van der Waals surface area contributed by atoms with E-state index in [-0.39, 0.29) is 0 Å². The van der Waals surface area contributed by atoms with E-state index in [4.69, 9.17) is 0 Å². The molecule has 0 aliphatic carbocycles. The van der Waals surface area contributed by atoms with E-state index in [0.29, 0.717) is 5.56 Å². The van der Waals surface area contributed by atoms with Gasteiger partial charge in [0.2, 0.25) is 0 Å². The zero-order chi connectivity index (χ0) is 12.5. The van der Waals surface area contributed by atoms with Crippen LogP contribution in [0.5, 0.6) is 0 Å². The van der Waals surface area contributed by atoms with E-state index in [9.17, 15) is 5.26 Å². The van der Waals surface area contributed by atoms with Crippen LogP contribution in [-0.2, 0) is 0 Å². The van der Waals surface area contributed by atoms with Crippen LogP contribution in [-0.4, -0.2) is 9.78 Å². The first-order chi connectivity index (χ1) is 8.79. The zero-order valence-corrected chi connectivity index (χ0v) is 9.96. The maximum absolute atomic E-state index is 9.19. The number of rotatable bonds is 1. The number of aryl methyl sites for hydroxylation is 1. The summed E-state index contributed by atoms with van der Waals surface area (Å²) in [6, 6.07) is 15.9. The van der Waals surface area contributed by atoms with Crippen LogP contribution in [0.2, 0.25) is 0 Å². The molecular formula is C15H11N3. The van der Waals surface area contributed by atoms with Crippen molar-refractivity contribution in [1.82, 2.24) is 9.78 Å². The van der Waals surface area contributed by atoms with Gasteiger partial charge in [0.1, 0.15) is 6.07 Å². The highest BCUT2D eigenvalue weighted by atomic mass is 15.3. The average Bonchev–Trinajstić information content (AvgIpc) is 2.82. The van der Waals surface area contributed by atoms with Crippen molar-refractivity contribution in [2.75, 3.05) is 0 Å². The Hall–Kier alpha value is -2.60. The summed E-state index contributed by atoms with van der Waals surface area (Å²) in [6.45, 7) is 2.01. The Bertz CT molecular complexity index is 763. The van der Waals surface area contributed by atoms with E-state index < -0.39 is 0 Å². The number of nitrogens with zero attached hydrogens (tertiary/aromatic N) is 3. The van der Waals surface area contributed by atoms with E-state index in [0.717, 1.165) is 22.2 Å².